The summed E-state index contributed by atoms with van der Waals surface area (Å²) < 4.78 is 0. The van der Waals surface area contributed by atoms with E-state index in [-0.39, 0.29) is 18.0 Å². The minimum absolute atomic E-state index is 0.0848. The average Bonchev–Trinajstić information content (AvgIpc) is 3.11. The normalized spacial score (nSPS) is 18.4. The lowest BCUT2D eigenvalue weighted by Crippen LogP contribution is -2.45. The summed E-state index contributed by atoms with van der Waals surface area (Å²) in [6.45, 7) is 3.64. The van der Waals surface area contributed by atoms with Gasteiger partial charge in [-0.3, -0.25) is 9.69 Å². The molecule has 0 spiro atoms. The first kappa shape index (κ1) is 19.3. The van der Waals surface area contributed by atoms with E-state index in [9.17, 15) is 9.59 Å². The Hall–Kier alpha value is -2.68. The molecule has 154 valence electrons. The number of aryl methyl sites for hydroxylation is 1. The van der Waals surface area contributed by atoms with Gasteiger partial charge in [-0.25, -0.2) is 9.78 Å². The van der Waals surface area contributed by atoms with Gasteiger partial charge >= 0.3 is 6.03 Å². The number of benzene rings is 1. The van der Waals surface area contributed by atoms with Crippen LogP contribution in [0.1, 0.15) is 28.1 Å². The standard InChI is InChI=1S/C21H20ClN5O2S/c1-11-4-5-13(9-14(11)22)27-15-6-8-24-20-16(15)17(26-21(27)29)18(30-20)19(28)25-12-3-2-7-23-10-12/h4-6,8-9,12,23H,2-3,7,10H2,1H3,(H,25,28)(H,26,29)/t12-/m1/s1. The molecule has 7 nitrogen and oxygen atoms in total. The van der Waals surface area contributed by atoms with Gasteiger partial charge in [0.15, 0.2) is 0 Å². The molecular formula is C21H20ClN5O2S. The zero-order valence-corrected chi connectivity index (χ0v) is 17.9. The van der Waals surface area contributed by atoms with Gasteiger partial charge in [0.1, 0.15) is 9.71 Å². The van der Waals surface area contributed by atoms with Gasteiger partial charge < -0.3 is 16.0 Å². The van der Waals surface area contributed by atoms with Crippen LogP contribution < -0.4 is 20.9 Å². The van der Waals surface area contributed by atoms with Gasteiger partial charge in [0.05, 0.1) is 22.4 Å². The monoisotopic (exact) mass is 441 g/mol. The molecule has 0 radical (unpaired) electrons. The van der Waals surface area contributed by atoms with Crippen molar-refractivity contribution >= 4 is 62.2 Å². The van der Waals surface area contributed by atoms with Gasteiger partial charge in [-0.05, 0) is 50.1 Å². The molecule has 1 fully saturated rings. The molecule has 3 N–H and O–H groups in total. The highest BCUT2D eigenvalue weighted by Gasteiger charge is 2.33. The van der Waals surface area contributed by atoms with E-state index in [1.165, 1.54) is 11.3 Å². The first-order valence-corrected chi connectivity index (χ1v) is 11.0. The number of rotatable bonds is 3. The maximum atomic E-state index is 13.1. The predicted octanol–water partition coefficient (Wildman–Crippen LogP) is 4.42. The molecule has 4 heterocycles. The lowest BCUT2D eigenvalue weighted by molar-refractivity contribution is 0.0935. The zero-order valence-electron chi connectivity index (χ0n) is 16.3. The summed E-state index contributed by atoms with van der Waals surface area (Å²) in [5.74, 6) is -0.181. The Kier molecular flexibility index (Phi) is 4.85. The topological polar surface area (TPSA) is 86.4 Å². The van der Waals surface area contributed by atoms with Crippen molar-refractivity contribution < 1.29 is 9.59 Å². The van der Waals surface area contributed by atoms with Crippen molar-refractivity contribution in [3.8, 4) is 0 Å². The molecule has 2 aromatic heterocycles. The van der Waals surface area contributed by atoms with Gasteiger partial charge in [-0.2, -0.15) is 0 Å². The molecule has 9 heteroatoms. The minimum Gasteiger partial charge on any atom is -0.347 e. The van der Waals surface area contributed by atoms with Crippen LogP contribution in [0, 0.1) is 6.92 Å². The number of aromatic nitrogens is 1. The summed E-state index contributed by atoms with van der Waals surface area (Å²) in [6, 6.07) is 7.04. The molecule has 1 saturated heterocycles. The largest absolute Gasteiger partial charge is 0.347 e. The van der Waals surface area contributed by atoms with Crippen LogP contribution in [-0.4, -0.2) is 36.1 Å². The number of carbonyl (C=O) groups excluding carboxylic acids is 2. The molecule has 5 rings (SSSR count). The number of piperidine rings is 1. The van der Waals surface area contributed by atoms with E-state index in [2.05, 4.69) is 20.9 Å². The number of halogens is 1. The summed E-state index contributed by atoms with van der Waals surface area (Å²) in [4.78, 5) is 33.3. The molecule has 1 aromatic carbocycles. The third-order valence-corrected chi connectivity index (χ3v) is 7.00. The minimum atomic E-state index is -0.332. The highest BCUT2D eigenvalue weighted by atomic mass is 35.5. The van der Waals surface area contributed by atoms with Crippen LogP contribution in [0.3, 0.4) is 0 Å². The van der Waals surface area contributed by atoms with E-state index in [1.807, 2.05) is 19.1 Å². The van der Waals surface area contributed by atoms with Crippen LogP contribution in [0.4, 0.5) is 21.9 Å². The second-order valence-corrected chi connectivity index (χ2v) is 8.94. The van der Waals surface area contributed by atoms with Crippen molar-refractivity contribution in [1.29, 1.82) is 0 Å². The lowest BCUT2D eigenvalue weighted by atomic mass is 10.1. The Bertz CT molecular complexity index is 1170. The molecule has 0 unspecified atom stereocenters. The fraction of sp³-hybridized carbons (Fsp3) is 0.286. The van der Waals surface area contributed by atoms with Gasteiger partial charge in [0, 0.05) is 23.8 Å². The lowest BCUT2D eigenvalue weighted by Gasteiger charge is -2.29. The van der Waals surface area contributed by atoms with E-state index in [0.29, 0.717) is 31.8 Å². The van der Waals surface area contributed by atoms with Gasteiger partial charge in [0.2, 0.25) is 0 Å². The van der Waals surface area contributed by atoms with Crippen molar-refractivity contribution in [2.24, 2.45) is 0 Å². The number of amides is 3. The fourth-order valence-electron chi connectivity index (χ4n) is 3.95. The second-order valence-electron chi connectivity index (χ2n) is 7.53. The molecule has 3 aromatic rings. The smallest absolute Gasteiger partial charge is 0.331 e. The number of hydrogen-bond donors (Lipinski definition) is 3. The molecule has 0 bridgehead atoms. The van der Waals surface area contributed by atoms with E-state index in [4.69, 9.17) is 11.6 Å². The number of pyridine rings is 1. The van der Waals surface area contributed by atoms with Gasteiger partial charge in [-0.15, -0.1) is 11.3 Å². The first-order valence-electron chi connectivity index (χ1n) is 9.83. The van der Waals surface area contributed by atoms with Crippen molar-refractivity contribution in [3.05, 3.63) is 45.9 Å². The molecule has 0 saturated carbocycles. The highest BCUT2D eigenvalue weighted by Crippen LogP contribution is 2.46. The van der Waals surface area contributed by atoms with E-state index in [0.717, 1.165) is 36.9 Å². The molecule has 3 amide bonds. The zero-order chi connectivity index (χ0) is 20.8. The number of nitrogens with one attached hydrogen (secondary N) is 3. The fourth-order valence-corrected chi connectivity index (χ4v) is 5.14. The number of nitrogens with zero attached hydrogens (tertiary/aromatic N) is 2. The quantitative estimate of drug-likeness (QED) is 0.561. The van der Waals surface area contributed by atoms with Crippen molar-refractivity contribution in [2.75, 3.05) is 23.3 Å². The van der Waals surface area contributed by atoms with Crippen LogP contribution >= 0.6 is 22.9 Å². The molecule has 2 aliphatic rings. The van der Waals surface area contributed by atoms with Crippen LogP contribution in [0.15, 0.2) is 30.5 Å². The first-order chi connectivity index (χ1) is 14.5. The molecule has 30 heavy (non-hydrogen) atoms. The second kappa shape index (κ2) is 7.54. The maximum Gasteiger partial charge on any atom is 0.331 e. The number of carbonyl (C=O) groups is 2. The van der Waals surface area contributed by atoms with Gasteiger partial charge in [0.25, 0.3) is 5.91 Å². The summed E-state index contributed by atoms with van der Waals surface area (Å²) in [7, 11) is 0. The van der Waals surface area contributed by atoms with Crippen LogP contribution in [0.2, 0.25) is 5.02 Å². The van der Waals surface area contributed by atoms with Crippen LogP contribution in [0.25, 0.3) is 10.2 Å². The van der Waals surface area contributed by atoms with Crippen LogP contribution in [0.5, 0.6) is 0 Å². The number of thiophene rings is 1. The van der Waals surface area contributed by atoms with E-state index in [1.54, 1.807) is 23.2 Å². The summed E-state index contributed by atoms with van der Waals surface area (Å²) in [6.07, 6.45) is 3.63. The molecule has 0 aliphatic carbocycles. The Morgan fingerprint density at radius 2 is 2.23 bits per heavy atom. The predicted molar refractivity (Wildman–Crippen MR) is 120 cm³/mol. The van der Waals surface area contributed by atoms with Crippen molar-refractivity contribution in [2.45, 2.75) is 25.8 Å². The number of urea groups is 1. The summed E-state index contributed by atoms with van der Waals surface area (Å²) in [5, 5.41) is 10.6. The molecule has 2 aliphatic heterocycles. The highest BCUT2D eigenvalue weighted by molar-refractivity contribution is 7.21. The Labute approximate surface area is 182 Å². The third-order valence-electron chi connectivity index (χ3n) is 5.50. The van der Waals surface area contributed by atoms with Gasteiger partial charge in [-0.1, -0.05) is 17.7 Å². The number of hydrogen-bond acceptors (Lipinski definition) is 5. The Morgan fingerprint density at radius 1 is 1.37 bits per heavy atom. The maximum absolute atomic E-state index is 13.1. The van der Waals surface area contributed by atoms with E-state index < -0.39 is 0 Å². The summed E-state index contributed by atoms with van der Waals surface area (Å²) >= 11 is 7.59. The average molecular weight is 442 g/mol. The Balaban J connectivity index is 1.57. The SMILES string of the molecule is Cc1ccc(N2C(=O)Nc3c(C(=O)N[C@@H]4CCCNC4)sc4nccc2c34)cc1Cl. The van der Waals surface area contributed by atoms with Crippen molar-refractivity contribution in [1.82, 2.24) is 15.6 Å². The van der Waals surface area contributed by atoms with Crippen LogP contribution in [-0.2, 0) is 0 Å². The summed E-state index contributed by atoms with van der Waals surface area (Å²) in [5.41, 5.74) is 2.81. The number of anilines is 3. The Morgan fingerprint density at radius 3 is 3.00 bits per heavy atom. The van der Waals surface area contributed by atoms with E-state index >= 15 is 0 Å². The molecular weight excluding hydrogens is 422 g/mol. The third kappa shape index (κ3) is 3.21. The molecule has 1 atom stereocenters. The van der Waals surface area contributed by atoms with Crippen molar-refractivity contribution in [3.63, 3.8) is 0 Å².